The van der Waals surface area contributed by atoms with E-state index in [1.807, 2.05) is 30.5 Å². The van der Waals surface area contributed by atoms with Gasteiger partial charge in [-0.15, -0.1) is 5.73 Å². The summed E-state index contributed by atoms with van der Waals surface area (Å²) in [4.78, 5) is 4.34. The lowest BCUT2D eigenvalue weighted by atomic mass is 10.1. The van der Waals surface area contributed by atoms with Gasteiger partial charge in [-0.05, 0) is 67.3 Å². The van der Waals surface area contributed by atoms with Crippen molar-refractivity contribution in [2.75, 3.05) is 5.32 Å². The second-order valence-electron chi connectivity index (χ2n) is 5.75. The first-order valence-corrected chi connectivity index (χ1v) is 8.15. The summed E-state index contributed by atoms with van der Waals surface area (Å²) in [6, 6.07) is 12.3. The first kappa shape index (κ1) is 17.5. The maximum atomic E-state index is 4.34. The Morgan fingerprint density at radius 3 is 2.83 bits per heavy atom. The van der Waals surface area contributed by atoms with Gasteiger partial charge in [-0.3, -0.25) is 0 Å². The van der Waals surface area contributed by atoms with E-state index in [0.29, 0.717) is 0 Å². The average molecular weight is 316 g/mol. The van der Waals surface area contributed by atoms with E-state index in [-0.39, 0.29) is 0 Å². The second-order valence-corrected chi connectivity index (χ2v) is 5.75. The highest BCUT2D eigenvalue weighted by Crippen LogP contribution is 2.18. The number of aromatic nitrogens is 1. The van der Waals surface area contributed by atoms with Crippen LogP contribution in [0.15, 0.2) is 78.2 Å². The summed E-state index contributed by atoms with van der Waals surface area (Å²) in [5.41, 5.74) is 8.62. The molecule has 122 valence electrons. The van der Waals surface area contributed by atoms with E-state index < -0.39 is 0 Å². The minimum atomic E-state index is 0.857. The topological polar surface area (TPSA) is 24.9 Å². The summed E-state index contributed by atoms with van der Waals surface area (Å²) in [7, 11) is 0. The maximum Gasteiger partial charge on any atom is 0.130 e. The van der Waals surface area contributed by atoms with Gasteiger partial charge in [0, 0.05) is 11.9 Å². The minimum Gasteiger partial charge on any atom is -0.340 e. The van der Waals surface area contributed by atoms with Crippen LogP contribution >= 0.6 is 0 Å². The molecule has 0 bridgehead atoms. The number of benzene rings is 1. The van der Waals surface area contributed by atoms with Crippen LogP contribution in [-0.2, 0) is 0 Å². The van der Waals surface area contributed by atoms with Crippen LogP contribution < -0.4 is 5.32 Å². The molecule has 0 spiro atoms. The first-order valence-electron chi connectivity index (χ1n) is 8.15. The fraction of sp³-hybridized carbons (Fsp3) is 0.182. The molecule has 2 rings (SSSR count). The number of hydrogen-bond donors (Lipinski definition) is 1. The van der Waals surface area contributed by atoms with Crippen molar-refractivity contribution >= 4 is 17.6 Å². The zero-order chi connectivity index (χ0) is 17.4. The van der Waals surface area contributed by atoms with Crippen molar-refractivity contribution in [3.8, 4) is 0 Å². The first-order chi connectivity index (χ1) is 11.6. The van der Waals surface area contributed by atoms with Crippen LogP contribution in [-0.4, -0.2) is 4.98 Å². The normalized spacial score (nSPS) is 11.4. The Morgan fingerprint density at radius 2 is 2.12 bits per heavy atom. The van der Waals surface area contributed by atoms with Crippen LogP contribution in [0.2, 0.25) is 0 Å². The van der Waals surface area contributed by atoms with Crippen LogP contribution in [0.3, 0.4) is 0 Å². The molecule has 1 N–H and O–H groups in total. The largest absolute Gasteiger partial charge is 0.340 e. The zero-order valence-electron chi connectivity index (χ0n) is 14.6. The number of hydrogen-bond acceptors (Lipinski definition) is 2. The van der Waals surface area contributed by atoms with E-state index in [1.165, 1.54) is 11.1 Å². The van der Waals surface area contributed by atoms with E-state index in [0.717, 1.165) is 29.1 Å². The van der Waals surface area contributed by atoms with Crippen molar-refractivity contribution < 1.29 is 0 Å². The molecule has 0 amide bonds. The smallest absolute Gasteiger partial charge is 0.130 e. The fourth-order valence-electron chi connectivity index (χ4n) is 2.30. The fourth-order valence-corrected chi connectivity index (χ4v) is 2.30. The number of pyridine rings is 1. The van der Waals surface area contributed by atoms with E-state index in [1.54, 1.807) is 0 Å². The van der Waals surface area contributed by atoms with Gasteiger partial charge >= 0.3 is 0 Å². The lowest BCUT2D eigenvalue weighted by Gasteiger charge is -2.07. The number of aryl methyl sites for hydroxylation is 1. The van der Waals surface area contributed by atoms with E-state index in [4.69, 9.17) is 0 Å². The number of anilines is 2. The molecule has 2 nitrogen and oxygen atoms in total. The van der Waals surface area contributed by atoms with Crippen molar-refractivity contribution in [1.29, 1.82) is 0 Å². The lowest BCUT2D eigenvalue weighted by molar-refractivity contribution is 1.15. The molecule has 2 aromatic rings. The molecule has 2 heteroatoms. The second kappa shape index (κ2) is 8.71. The number of nitrogens with zero attached hydrogens (tertiary/aromatic N) is 1. The highest BCUT2D eigenvalue weighted by atomic mass is 15.0. The molecule has 0 unspecified atom stereocenters. The number of nitrogens with one attached hydrogen (secondary N) is 1. The van der Waals surface area contributed by atoms with Gasteiger partial charge in [0.2, 0.25) is 0 Å². The standard InChI is InChI=1S/C22H24N2/c1-5-19(6-2)14-17(3)10-11-20-8-7-9-21(16-20)24-22-15-18(4)12-13-23-22/h7-16H,1,6H2,2-4H3,(H,23,24). The Morgan fingerprint density at radius 1 is 1.29 bits per heavy atom. The maximum absolute atomic E-state index is 4.34. The van der Waals surface area contributed by atoms with Crippen molar-refractivity contribution in [2.45, 2.75) is 27.2 Å². The average Bonchev–Trinajstić information content (AvgIpc) is 2.58. The van der Waals surface area contributed by atoms with Crippen LogP contribution in [0.1, 0.15) is 31.4 Å². The van der Waals surface area contributed by atoms with Gasteiger partial charge in [-0.1, -0.05) is 43.4 Å². The van der Waals surface area contributed by atoms with E-state index in [2.05, 4.69) is 73.7 Å². The summed E-state index contributed by atoms with van der Waals surface area (Å²) in [5, 5.41) is 3.34. The molecule has 0 saturated carbocycles. The van der Waals surface area contributed by atoms with E-state index >= 15 is 0 Å². The highest BCUT2D eigenvalue weighted by molar-refractivity contribution is 5.63. The number of rotatable bonds is 6. The molecular formula is C22H24N2. The minimum absolute atomic E-state index is 0.857. The lowest BCUT2D eigenvalue weighted by Crippen LogP contribution is -1.93. The quantitative estimate of drug-likeness (QED) is 0.506. The van der Waals surface area contributed by atoms with Gasteiger partial charge in [-0.2, -0.15) is 0 Å². The van der Waals surface area contributed by atoms with Gasteiger partial charge in [0.05, 0.1) is 0 Å². The Kier molecular flexibility index (Phi) is 6.36. The number of allylic oxidation sites excluding steroid dienone is 4. The van der Waals surface area contributed by atoms with Gasteiger partial charge in [-0.25, -0.2) is 4.98 Å². The van der Waals surface area contributed by atoms with Crippen LogP contribution in [0.25, 0.3) is 6.08 Å². The van der Waals surface area contributed by atoms with Crippen LogP contribution in [0.4, 0.5) is 11.5 Å². The van der Waals surface area contributed by atoms with Gasteiger partial charge < -0.3 is 5.32 Å². The van der Waals surface area contributed by atoms with Gasteiger partial charge in [0.1, 0.15) is 5.82 Å². The molecular weight excluding hydrogens is 292 g/mol. The van der Waals surface area contributed by atoms with Crippen molar-refractivity contribution in [2.24, 2.45) is 0 Å². The van der Waals surface area contributed by atoms with Crippen LogP contribution in [0, 0.1) is 6.92 Å². The third-order valence-corrected chi connectivity index (χ3v) is 3.62. The summed E-state index contributed by atoms with van der Waals surface area (Å²) in [5.74, 6) is 0.857. The van der Waals surface area contributed by atoms with Crippen molar-refractivity contribution in [3.05, 3.63) is 89.3 Å². The Labute approximate surface area is 145 Å². The molecule has 24 heavy (non-hydrogen) atoms. The van der Waals surface area contributed by atoms with Gasteiger partial charge in [0.25, 0.3) is 0 Å². The van der Waals surface area contributed by atoms with Gasteiger partial charge in [0.15, 0.2) is 0 Å². The summed E-state index contributed by atoms with van der Waals surface area (Å²) >= 11 is 0. The zero-order valence-corrected chi connectivity index (χ0v) is 14.6. The highest BCUT2D eigenvalue weighted by Gasteiger charge is 1.97. The SMILES string of the molecule is C=C=C(C=C(C)C=Cc1cccc(Nc2cc(C)ccn2)c1)CC. The molecule has 0 fully saturated rings. The molecule has 1 aromatic heterocycles. The molecule has 0 aliphatic carbocycles. The predicted molar refractivity (Wildman–Crippen MR) is 104 cm³/mol. The molecule has 0 aliphatic rings. The monoisotopic (exact) mass is 316 g/mol. The molecule has 1 heterocycles. The molecule has 0 aliphatic heterocycles. The van der Waals surface area contributed by atoms with E-state index in [9.17, 15) is 0 Å². The van der Waals surface area contributed by atoms with Crippen LogP contribution in [0.5, 0.6) is 0 Å². The summed E-state index contributed by atoms with van der Waals surface area (Å²) in [6.07, 6.45) is 9.09. The molecule has 0 atom stereocenters. The molecule has 0 saturated heterocycles. The third kappa shape index (κ3) is 5.42. The summed E-state index contributed by atoms with van der Waals surface area (Å²) < 4.78 is 0. The van der Waals surface area contributed by atoms with Crippen molar-refractivity contribution in [1.82, 2.24) is 4.98 Å². The Balaban J connectivity index is 2.13. The predicted octanol–water partition coefficient (Wildman–Crippen LogP) is 6.21. The van der Waals surface area contributed by atoms with Crippen molar-refractivity contribution in [3.63, 3.8) is 0 Å². The molecule has 1 aromatic carbocycles. The Hall–Kier alpha value is -2.83. The summed E-state index contributed by atoms with van der Waals surface area (Å²) in [6.45, 7) is 9.97. The molecule has 0 radical (unpaired) electrons. The Bertz CT molecular complexity index is 806. The third-order valence-electron chi connectivity index (χ3n) is 3.62.